The molecule has 3 rings (SSSR count). The van der Waals surface area contributed by atoms with Crippen molar-refractivity contribution >= 4 is 11.6 Å². The van der Waals surface area contributed by atoms with Gasteiger partial charge in [0.2, 0.25) is 0 Å². The summed E-state index contributed by atoms with van der Waals surface area (Å²) >= 11 is 6.28. The first kappa shape index (κ1) is 10.2. The highest BCUT2D eigenvalue weighted by Gasteiger charge is 2.30. The highest BCUT2D eigenvalue weighted by molar-refractivity contribution is 6.33. The molecule has 2 aliphatic heterocycles. The first-order chi connectivity index (χ1) is 7.83. The van der Waals surface area contributed by atoms with Gasteiger partial charge in [-0.3, -0.25) is 0 Å². The molecule has 0 fully saturated rings. The minimum atomic E-state index is 0.366. The zero-order valence-corrected chi connectivity index (χ0v) is 9.43. The smallest absolute Gasteiger partial charge is 0.142 e. The zero-order valence-electron chi connectivity index (χ0n) is 8.68. The van der Waals surface area contributed by atoms with Crippen molar-refractivity contribution in [2.45, 2.75) is 19.4 Å². The Morgan fingerprint density at radius 2 is 1.81 bits per heavy atom. The number of hydroxylamine groups is 1. The molecule has 4 nitrogen and oxygen atoms in total. The Balaban J connectivity index is 2.23. The summed E-state index contributed by atoms with van der Waals surface area (Å²) in [6.45, 7) is 1.66. The van der Waals surface area contributed by atoms with Gasteiger partial charge >= 0.3 is 0 Å². The number of nitrogens with one attached hydrogen (secondary N) is 1. The molecule has 0 atom stereocenters. The number of halogens is 1. The molecule has 86 valence electrons. The van der Waals surface area contributed by atoms with E-state index in [1.54, 1.807) is 0 Å². The van der Waals surface area contributed by atoms with Crippen LogP contribution in [-0.2, 0) is 19.4 Å². The van der Waals surface area contributed by atoms with Crippen molar-refractivity contribution in [1.29, 1.82) is 0 Å². The van der Waals surface area contributed by atoms with Gasteiger partial charge in [-0.15, -0.1) is 0 Å². The first-order valence-corrected chi connectivity index (χ1v) is 5.69. The Kier molecular flexibility index (Phi) is 2.42. The molecule has 2 N–H and O–H groups in total. The molecule has 0 bridgehead atoms. The van der Waals surface area contributed by atoms with Crippen LogP contribution in [0, 0.1) is 0 Å². The van der Waals surface area contributed by atoms with E-state index < -0.39 is 0 Å². The van der Waals surface area contributed by atoms with Gasteiger partial charge in [0.1, 0.15) is 11.5 Å². The number of benzene rings is 1. The second-order valence-electron chi connectivity index (χ2n) is 3.94. The summed E-state index contributed by atoms with van der Waals surface area (Å²) in [7, 11) is 0. The topological polar surface area (TPSA) is 50.7 Å². The van der Waals surface area contributed by atoms with Crippen LogP contribution < -0.4 is 15.0 Å². The molecule has 0 unspecified atom stereocenters. The molecule has 1 aromatic rings. The van der Waals surface area contributed by atoms with E-state index in [1.165, 1.54) is 0 Å². The summed E-state index contributed by atoms with van der Waals surface area (Å²) in [6.07, 6.45) is 1.63. The highest BCUT2D eigenvalue weighted by Crippen LogP contribution is 2.46. The maximum absolute atomic E-state index is 8.87. The van der Waals surface area contributed by atoms with Crippen molar-refractivity contribution in [3.8, 4) is 11.5 Å². The Labute approximate surface area is 98.1 Å². The van der Waals surface area contributed by atoms with Gasteiger partial charge in [0.05, 0.1) is 18.2 Å². The standard InChI is InChI=1S/C11H12ClNO3/c12-9-7-2-4-15-10(7)8(5-13-14)6-1-3-16-11(6)9/h13-14H,1-5H2. The van der Waals surface area contributed by atoms with E-state index in [2.05, 4.69) is 5.48 Å². The minimum absolute atomic E-state index is 0.366. The number of hydrogen-bond acceptors (Lipinski definition) is 4. The molecule has 1 aromatic carbocycles. The van der Waals surface area contributed by atoms with Crippen LogP contribution in [0.5, 0.6) is 11.5 Å². The van der Waals surface area contributed by atoms with Crippen molar-refractivity contribution in [3.63, 3.8) is 0 Å². The lowest BCUT2D eigenvalue weighted by molar-refractivity contribution is 0.159. The van der Waals surface area contributed by atoms with Gasteiger partial charge in [-0.2, -0.15) is 0 Å². The normalized spacial score (nSPS) is 16.6. The lowest BCUT2D eigenvalue weighted by Gasteiger charge is -2.13. The summed E-state index contributed by atoms with van der Waals surface area (Å²) in [6, 6.07) is 0. The van der Waals surface area contributed by atoms with Crippen molar-refractivity contribution < 1.29 is 14.7 Å². The number of ether oxygens (including phenoxy) is 2. The van der Waals surface area contributed by atoms with Crippen molar-refractivity contribution in [1.82, 2.24) is 5.48 Å². The second kappa shape index (κ2) is 3.80. The largest absolute Gasteiger partial charge is 0.493 e. The second-order valence-corrected chi connectivity index (χ2v) is 4.32. The molecule has 2 aliphatic rings. The number of hydrogen-bond donors (Lipinski definition) is 2. The molecule has 16 heavy (non-hydrogen) atoms. The summed E-state index contributed by atoms with van der Waals surface area (Å²) in [5.41, 5.74) is 5.23. The third-order valence-electron chi connectivity index (χ3n) is 3.10. The van der Waals surface area contributed by atoms with E-state index in [4.69, 9.17) is 26.3 Å². The molecule has 0 saturated heterocycles. The molecule has 2 heterocycles. The van der Waals surface area contributed by atoms with Crippen LogP contribution in [0.25, 0.3) is 0 Å². The molecule has 0 radical (unpaired) electrons. The van der Waals surface area contributed by atoms with Crippen LogP contribution in [0.3, 0.4) is 0 Å². The first-order valence-electron chi connectivity index (χ1n) is 5.31. The van der Waals surface area contributed by atoms with Gasteiger partial charge in [-0.1, -0.05) is 11.6 Å². The van der Waals surface area contributed by atoms with Crippen molar-refractivity contribution in [2.75, 3.05) is 13.2 Å². The number of fused-ring (bicyclic) bond motifs is 2. The fourth-order valence-corrected chi connectivity index (χ4v) is 2.76. The third-order valence-corrected chi connectivity index (χ3v) is 3.50. The lowest BCUT2D eigenvalue weighted by atomic mass is 9.99. The van der Waals surface area contributed by atoms with E-state index in [0.717, 1.165) is 41.0 Å². The Morgan fingerprint density at radius 3 is 2.56 bits per heavy atom. The maximum Gasteiger partial charge on any atom is 0.142 e. The Morgan fingerprint density at radius 1 is 1.12 bits per heavy atom. The third kappa shape index (κ3) is 1.30. The van der Waals surface area contributed by atoms with E-state index in [9.17, 15) is 0 Å². The van der Waals surface area contributed by atoms with Crippen molar-refractivity contribution in [2.24, 2.45) is 0 Å². The van der Waals surface area contributed by atoms with Crippen LogP contribution in [0.1, 0.15) is 16.7 Å². The molecular formula is C11H12ClNO3. The molecular weight excluding hydrogens is 230 g/mol. The predicted octanol–water partition coefficient (Wildman–Crippen LogP) is 1.69. The van der Waals surface area contributed by atoms with Gasteiger partial charge in [0.25, 0.3) is 0 Å². The van der Waals surface area contributed by atoms with Crippen LogP contribution in [0.4, 0.5) is 0 Å². The van der Waals surface area contributed by atoms with E-state index in [1.807, 2.05) is 0 Å². The fraction of sp³-hybridized carbons (Fsp3) is 0.455. The summed E-state index contributed by atoms with van der Waals surface area (Å²) < 4.78 is 11.1. The predicted molar refractivity (Wildman–Crippen MR) is 58.5 cm³/mol. The Hall–Kier alpha value is -0.970. The molecule has 0 saturated carbocycles. The molecule has 5 heteroatoms. The summed E-state index contributed by atoms with van der Waals surface area (Å²) in [5.74, 6) is 1.60. The van der Waals surface area contributed by atoms with E-state index in [-0.39, 0.29) is 0 Å². The summed E-state index contributed by atoms with van der Waals surface area (Å²) in [5, 5.41) is 9.55. The average molecular weight is 242 g/mol. The van der Waals surface area contributed by atoms with Gasteiger partial charge < -0.3 is 14.7 Å². The van der Waals surface area contributed by atoms with Gasteiger partial charge in [0, 0.05) is 36.1 Å². The fourth-order valence-electron chi connectivity index (χ4n) is 2.41. The zero-order chi connectivity index (χ0) is 11.1. The Bertz CT molecular complexity index is 412. The van der Waals surface area contributed by atoms with Crippen LogP contribution in [-0.4, -0.2) is 18.4 Å². The van der Waals surface area contributed by atoms with Crippen LogP contribution in [0.2, 0.25) is 5.02 Å². The average Bonchev–Trinajstić information content (AvgIpc) is 2.92. The van der Waals surface area contributed by atoms with Gasteiger partial charge in [-0.05, 0) is 0 Å². The monoisotopic (exact) mass is 241 g/mol. The molecule has 0 spiro atoms. The minimum Gasteiger partial charge on any atom is -0.493 e. The summed E-state index contributed by atoms with van der Waals surface area (Å²) in [4.78, 5) is 0. The molecule has 0 aliphatic carbocycles. The SMILES string of the molecule is ONCc1c2c(c(Cl)c3c1OCC3)OCC2. The quantitative estimate of drug-likeness (QED) is 0.774. The molecule has 0 amide bonds. The number of rotatable bonds is 2. The maximum atomic E-state index is 8.87. The van der Waals surface area contributed by atoms with E-state index in [0.29, 0.717) is 24.8 Å². The lowest BCUT2D eigenvalue weighted by Crippen LogP contribution is -2.09. The van der Waals surface area contributed by atoms with Crippen molar-refractivity contribution in [3.05, 3.63) is 21.7 Å². The van der Waals surface area contributed by atoms with Gasteiger partial charge in [-0.25, -0.2) is 5.48 Å². The van der Waals surface area contributed by atoms with E-state index >= 15 is 0 Å². The van der Waals surface area contributed by atoms with Crippen LogP contribution >= 0.6 is 11.6 Å². The molecule has 0 aromatic heterocycles. The van der Waals surface area contributed by atoms with Gasteiger partial charge in [0.15, 0.2) is 0 Å². The van der Waals surface area contributed by atoms with Crippen LogP contribution in [0.15, 0.2) is 0 Å². The highest BCUT2D eigenvalue weighted by atomic mass is 35.5.